The molecule has 0 aromatic heterocycles. The summed E-state index contributed by atoms with van der Waals surface area (Å²) in [5.41, 5.74) is 6.90. The molecule has 0 saturated heterocycles. The number of nitriles is 1. The highest BCUT2D eigenvalue weighted by Gasteiger charge is 1.96. The van der Waals surface area contributed by atoms with E-state index in [1.165, 1.54) is 0 Å². The summed E-state index contributed by atoms with van der Waals surface area (Å²) in [5.74, 6) is 0. The molecular weight excluding hydrogens is 222 g/mol. The van der Waals surface area contributed by atoms with Gasteiger partial charge in [0.05, 0.1) is 18.2 Å². The number of nitrogens with two attached hydrogens (primary N) is 1. The van der Waals surface area contributed by atoms with E-state index in [2.05, 4.69) is 11.1 Å². The number of benzene rings is 1. The lowest BCUT2D eigenvalue weighted by molar-refractivity contribution is 0.977. The van der Waals surface area contributed by atoms with Gasteiger partial charge in [-0.15, -0.1) is 0 Å². The fraction of sp³-hybridized carbons (Fsp3) is 0.200. The van der Waals surface area contributed by atoms with Gasteiger partial charge in [-0.05, 0) is 11.6 Å². The second-order valence-electron chi connectivity index (χ2n) is 3.60. The molecule has 2 N–H and O–H groups in total. The van der Waals surface area contributed by atoms with Crippen molar-refractivity contribution in [2.45, 2.75) is 6.42 Å². The smallest absolute Gasteiger partial charge is 0.0997 e. The van der Waals surface area contributed by atoms with Crippen molar-refractivity contribution in [2.75, 3.05) is 13.1 Å². The Morgan fingerprint density at radius 3 is 2.78 bits per heavy atom. The van der Waals surface area contributed by atoms with Crippen molar-refractivity contribution in [1.82, 2.24) is 0 Å². The molecule has 18 heavy (non-hydrogen) atoms. The van der Waals surface area contributed by atoms with E-state index in [0.717, 1.165) is 12.0 Å². The summed E-state index contributed by atoms with van der Waals surface area (Å²) in [6, 6.07) is 11.8. The highest BCUT2D eigenvalue weighted by Crippen LogP contribution is 2.12. The maximum Gasteiger partial charge on any atom is 0.0997 e. The molecule has 0 fully saturated rings. The van der Waals surface area contributed by atoms with Gasteiger partial charge in [-0.1, -0.05) is 42.5 Å². The molecule has 0 saturated carbocycles. The van der Waals surface area contributed by atoms with Crippen LogP contribution in [0.1, 0.15) is 12.0 Å². The molecule has 92 valence electrons. The SMILES string of the molecule is N#C/C(=C\C=C\CC=NCCN)c1ccccc1. The predicted molar refractivity (Wildman–Crippen MR) is 76.2 cm³/mol. The number of hydrogen-bond acceptors (Lipinski definition) is 3. The molecule has 0 spiro atoms. The molecule has 0 aliphatic carbocycles. The molecule has 1 aromatic carbocycles. The monoisotopic (exact) mass is 239 g/mol. The molecule has 0 bridgehead atoms. The van der Waals surface area contributed by atoms with Crippen LogP contribution in [-0.4, -0.2) is 19.3 Å². The Kier molecular flexibility index (Phi) is 6.87. The van der Waals surface area contributed by atoms with E-state index < -0.39 is 0 Å². The van der Waals surface area contributed by atoms with Crippen LogP contribution in [0.4, 0.5) is 0 Å². The Bertz CT molecular complexity index is 464. The number of rotatable bonds is 6. The van der Waals surface area contributed by atoms with Gasteiger partial charge in [-0.3, -0.25) is 4.99 Å². The highest BCUT2D eigenvalue weighted by atomic mass is 14.7. The largest absolute Gasteiger partial charge is 0.329 e. The van der Waals surface area contributed by atoms with Crippen molar-refractivity contribution in [2.24, 2.45) is 10.7 Å². The lowest BCUT2D eigenvalue weighted by Gasteiger charge is -1.95. The van der Waals surface area contributed by atoms with Crippen LogP contribution in [0.2, 0.25) is 0 Å². The van der Waals surface area contributed by atoms with Crippen molar-refractivity contribution in [3.63, 3.8) is 0 Å². The first-order chi connectivity index (χ1) is 8.88. The Morgan fingerprint density at radius 2 is 2.11 bits per heavy atom. The zero-order valence-corrected chi connectivity index (χ0v) is 10.3. The second kappa shape index (κ2) is 8.91. The van der Waals surface area contributed by atoms with E-state index in [0.29, 0.717) is 18.7 Å². The molecule has 0 aliphatic heterocycles. The summed E-state index contributed by atoms with van der Waals surface area (Å²) >= 11 is 0. The zero-order valence-electron chi connectivity index (χ0n) is 10.3. The molecular formula is C15H17N3. The lowest BCUT2D eigenvalue weighted by atomic mass is 10.1. The topological polar surface area (TPSA) is 62.2 Å². The lowest BCUT2D eigenvalue weighted by Crippen LogP contribution is -2.01. The predicted octanol–water partition coefficient (Wildman–Crippen LogP) is 2.57. The summed E-state index contributed by atoms with van der Waals surface area (Å²) < 4.78 is 0. The number of aliphatic imine (C=N–C) groups is 1. The van der Waals surface area contributed by atoms with E-state index in [1.54, 1.807) is 0 Å². The minimum absolute atomic E-state index is 0.576. The van der Waals surface area contributed by atoms with Gasteiger partial charge in [0.25, 0.3) is 0 Å². The average Bonchev–Trinajstić information content (AvgIpc) is 2.43. The van der Waals surface area contributed by atoms with Gasteiger partial charge in [0.1, 0.15) is 0 Å². The molecule has 0 amide bonds. The Balaban J connectivity index is 2.54. The number of hydrogen-bond donors (Lipinski definition) is 1. The first-order valence-corrected chi connectivity index (χ1v) is 5.89. The molecule has 3 nitrogen and oxygen atoms in total. The normalized spacial score (nSPS) is 12.1. The van der Waals surface area contributed by atoms with Crippen LogP contribution < -0.4 is 5.73 Å². The van der Waals surface area contributed by atoms with E-state index in [-0.39, 0.29) is 0 Å². The van der Waals surface area contributed by atoms with Crippen molar-refractivity contribution in [1.29, 1.82) is 5.26 Å². The molecule has 1 rings (SSSR count). The van der Waals surface area contributed by atoms with Crippen molar-refractivity contribution >= 4 is 11.8 Å². The molecule has 0 heterocycles. The van der Waals surface area contributed by atoms with Gasteiger partial charge in [-0.2, -0.15) is 5.26 Å². The van der Waals surface area contributed by atoms with Crippen LogP contribution >= 0.6 is 0 Å². The standard InChI is InChI=1S/C15H17N3/c16-10-12-18-11-6-2-5-9-15(13-17)14-7-3-1-4-8-14/h1-5,7-9,11H,6,10,12,16H2/b5-2+,15-9+,18-11?. The molecule has 0 unspecified atom stereocenters. The average molecular weight is 239 g/mol. The van der Waals surface area contributed by atoms with Crippen molar-refractivity contribution < 1.29 is 0 Å². The van der Waals surface area contributed by atoms with Gasteiger partial charge >= 0.3 is 0 Å². The van der Waals surface area contributed by atoms with Crippen LogP contribution in [0.3, 0.4) is 0 Å². The van der Waals surface area contributed by atoms with Crippen LogP contribution in [0.5, 0.6) is 0 Å². The summed E-state index contributed by atoms with van der Waals surface area (Å²) in [6.07, 6.45) is 8.22. The van der Waals surface area contributed by atoms with E-state index in [9.17, 15) is 0 Å². The minimum atomic E-state index is 0.576. The molecule has 0 atom stereocenters. The van der Waals surface area contributed by atoms with E-state index in [1.807, 2.05) is 54.8 Å². The van der Waals surface area contributed by atoms with Gasteiger partial charge in [0, 0.05) is 19.2 Å². The molecule has 3 heteroatoms. The summed E-state index contributed by atoms with van der Waals surface area (Å²) in [5, 5.41) is 9.06. The molecule has 0 radical (unpaired) electrons. The maximum absolute atomic E-state index is 9.06. The van der Waals surface area contributed by atoms with Crippen LogP contribution in [0.15, 0.2) is 53.6 Å². The van der Waals surface area contributed by atoms with Crippen LogP contribution in [0.25, 0.3) is 5.57 Å². The summed E-state index contributed by atoms with van der Waals surface area (Å²) in [4.78, 5) is 4.10. The minimum Gasteiger partial charge on any atom is -0.329 e. The van der Waals surface area contributed by atoms with Gasteiger partial charge in [0.2, 0.25) is 0 Å². The van der Waals surface area contributed by atoms with Gasteiger partial charge < -0.3 is 5.73 Å². The van der Waals surface area contributed by atoms with Crippen molar-refractivity contribution in [3.8, 4) is 6.07 Å². The molecule has 1 aromatic rings. The highest BCUT2D eigenvalue weighted by molar-refractivity contribution is 5.77. The van der Waals surface area contributed by atoms with E-state index in [4.69, 9.17) is 11.0 Å². The van der Waals surface area contributed by atoms with E-state index >= 15 is 0 Å². The van der Waals surface area contributed by atoms with Gasteiger partial charge in [-0.25, -0.2) is 0 Å². The molecule has 0 aliphatic rings. The van der Waals surface area contributed by atoms with Crippen LogP contribution in [-0.2, 0) is 0 Å². The van der Waals surface area contributed by atoms with Gasteiger partial charge in [0.15, 0.2) is 0 Å². The first-order valence-electron chi connectivity index (χ1n) is 5.89. The number of allylic oxidation sites excluding steroid dienone is 4. The summed E-state index contributed by atoms with van der Waals surface area (Å²) in [6.45, 7) is 1.24. The third-order valence-electron chi connectivity index (χ3n) is 2.23. The third kappa shape index (κ3) is 5.24. The maximum atomic E-state index is 9.06. The Labute approximate surface area is 108 Å². The first kappa shape index (κ1) is 13.9. The fourth-order valence-electron chi connectivity index (χ4n) is 1.36. The zero-order chi connectivity index (χ0) is 13.1. The van der Waals surface area contributed by atoms with Crippen LogP contribution in [0, 0.1) is 11.3 Å². The number of nitrogens with zero attached hydrogens (tertiary/aromatic N) is 2. The quantitative estimate of drug-likeness (QED) is 0.471. The third-order valence-corrected chi connectivity index (χ3v) is 2.23. The summed E-state index contributed by atoms with van der Waals surface area (Å²) in [7, 11) is 0. The Morgan fingerprint density at radius 1 is 1.33 bits per heavy atom. The van der Waals surface area contributed by atoms with Crippen molar-refractivity contribution in [3.05, 3.63) is 54.1 Å². The Hall–Kier alpha value is -2.18. The fourth-order valence-corrected chi connectivity index (χ4v) is 1.36. The second-order valence-corrected chi connectivity index (χ2v) is 3.60.